The molecular formula is C17H17ClN4O. The van der Waals surface area contributed by atoms with Gasteiger partial charge in [-0.2, -0.15) is 4.52 Å². The third kappa shape index (κ3) is 2.51. The van der Waals surface area contributed by atoms with E-state index in [1.807, 2.05) is 30.3 Å². The van der Waals surface area contributed by atoms with Crippen LogP contribution in [0.1, 0.15) is 19.3 Å². The van der Waals surface area contributed by atoms with Crippen LogP contribution in [-0.2, 0) is 0 Å². The number of benzene rings is 1. The third-order valence-corrected chi connectivity index (χ3v) is 4.57. The molecule has 1 aromatic carbocycles. The summed E-state index contributed by atoms with van der Waals surface area (Å²) in [5.41, 5.74) is 2.15. The Bertz CT molecular complexity index is 894. The molecule has 3 aromatic rings. The predicted molar refractivity (Wildman–Crippen MR) is 92.3 cm³/mol. The summed E-state index contributed by atoms with van der Waals surface area (Å²) in [5.74, 6) is 0.738. The number of aromatic amines is 1. The SMILES string of the molecule is O=c1cc(N2CCCCC2)nc2c(-c3ccccc3)c(Cl)[nH]n12. The first kappa shape index (κ1) is 14.3. The number of nitrogens with one attached hydrogen (secondary N) is 1. The average molecular weight is 329 g/mol. The van der Waals surface area contributed by atoms with E-state index >= 15 is 0 Å². The molecule has 0 spiro atoms. The van der Waals surface area contributed by atoms with Gasteiger partial charge in [0.1, 0.15) is 11.0 Å². The molecule has 0 saturated carbocycles. The fraction of sp³-hybridized carbons (Fsp3) is 0.294. The van der Waals surface area contributed by atoms with Crippen molar-refractivity contribution in [2.75, 3.05) is 18.0 Å². The van der Waals surface area contributed by atoms with Gasteiger partial charge in [-0.15, -0.1) is 0 Å². The van der Waals surface area contributed by atoms with Crippen molar-refractivity contribution in [2.24, 2.45) is 0 Å². The first-order chi connectivity index (χ1) is 11.2. The normalized spacial score (nSPS) is 15.3. The van der Waals surface area contributed by atoms with Gasteiger partial charge in [-0.25, -0.2) is 4.98 Å². The number of nitrogens with zero attached hydrogens (tertiary/aromatic N) is 3. The minimum atomic E-state index is -0.139. The summed E-state index contributed by atoms with van der Waals surface area (Å²) in [7, 11) is 0. The molecule has 0 amide bonds. The summed E-state index contributed by atoms with van der Waals surface area (Å²) >= 11 is 6.34. The molecule has 118 valence electrons. The van der Waals surface area contributed by atoms with Gasteiger partial charge >= 0.3 is 0 Å². The molecule has 0 bridgehead atoms. The van der Waals surface area contributed by atoms with E-state index in [-0.39, 0.29) is 5.56 Å². The summed E-state index contributed by atoms with van der Waals surface area (Å²) in [5, 5.41) is 3.34. The van der Waals surface area contributed by atoms with Gasteiger partial charge in [-0.1, -0.05) is 41.9 Å². The van der Waals surface area contributed by atoms with Gasteiger partial charge in [0.15, 0.2) is 5.65 Å². The van der Waals surface area contributed by atoms with Crippen molar-refractivity contribution in [1.29, 1.82) is 0 Å². The van der Waals surface area contributed by atoms with E-state index < -0.39 is 0 Å². The van der Waals surface area contributed by atoms with Crippen LogP contribution in [0.15, 0.2) is 41.2 Å². The van der Waals surface area contributed by atoms with Crippen molar-refractivity contribution in [1.82, 2.24) is 14.6 Å². The summed E-state index contributed by atoms with van der Waals surface area (Å²) in [6, 6.07) is 11.4. The Labute approximate surface area is 138 Å². The molecule has 1 N–H and O–H groups in total. The van der Waals surface area contributed by atoms with Crippen LogP contribution in [0, 0.1) is 0 Å². The second-order valence-electron chi connectivity index (χ2n) is 5.83. The second-order valence-corrected chi connectivity index (χ2v) is 6.20. The quantitative estimate of drug-likeness (QED) is 0.785. The summed E-state index contributed by atoms with van der Waals surface area (Å²) in [6.45, 7) is 1.89. The van der Waals surface area contributed by atoms with E-state index in [0.717, 1.165) is 42.9 Å². The Morgan fingerprint density at radius 1 is 1.09 bits per heavy atom. The molecule has 1 saturated heterocycles. The molecule has 5 nitrogen and oxygen atoms in total. The molecule has 0 aliphatic carbocycles. The Balaban J connectivity index is 1.92. The minimum absolute atomic E-state index is 0.139. The molecule has 0 unspecified atom stereocenters. The first-order valence-electron chi connectivity index (χ1n) is 7.86. The van der Waals surface area contributed by atoms with Crippen molar-refractivity contribution >= 4 is 23.1 Å². The molecule has 23 heavy (non-hydrogen) atoms. The number of H-pyrrole nitrogens is 1. The molecule has 0 radical (unpaired) electrons. The molecule has 0 atom stereocenters. The Kier molecular flexibility index (Phi) is 3.58. The number of piperidine rings is 1. The van der Waals surface area contributed by atoms with Crippen LogP contribution in [0.4, 0.5) is 5.82 Å². The monoisotopic (exact) mass is 328 g/mol. The van der Waals surface area contributed by atoms with Gasteiger partial charge in [-0.05, 0) is 24.8 Å². The van der Waals surface area contributed by atoms with Crippen LogP contribution in [0.2, 0.25) is 5.15 Å². The highest BCUT2D eigenvalue weighted by Gasteiger charge is 2.19. The number of fused-ring (bicyclic) bond motifs is 1. The van der Waals surface area contributed by atoms with Gasteiger partial charge in [0.05, 0.1) is 5.56 Å². The highest BCUT2D eigenvalue weighted by atomic mass is 35.5. The number of aromatic nitrogens is 3. The van der Waals surface area contributed by atoms with E-state index in [9.17, 15) is 4.79 Å². The first-order valence-corrected chi connectivity index (χ1v) is 8.23. The lowest BCUT2D eigenvalue weighted by Crippen LogP contribution is -2.31. The highest BCUT2D eigenvalue weighted by Crippen LogP contribution is 2.31. The minimum Gasteiger partial charge on any atom is -0.356 e. The molecule has 6 heteroatoms. The van der Waals surface area contributed by atoms with Gasteiger partial charge < -0.3 is 4.90 Å². The number of halogens is 1. The third-order valence-electron chi connectivity index (χ3n) is 4.30. The van der Waals surface area contributed by atoms with Crippen LogP contribution in [0.3, 0.4) is 0 Å². The lowest BCUT2D eigenvalue weighted by Gasteiger charge is -2.27. The zero-order valence-electron chi connectivity index (χ0n) is 12.6. The van der Waals surface area contributed by atoms with E-state index in [2.05, 4.69) is 10.00 Å². The number of hydrogen-bond donors (Lipinski definition) is 1. The molecular weight excluding hydrogens is 312 g/mol. The number of rotatable bonds is 2. The maximum atomic E-state index is 12.4. The number of anilines is 1. The zero-order chi connectivity index (χ0) is 15.8. The van der Waals surface area contributed by atoms with Gasteiger partial charge in [0, 0.05) is 19.2 Å². The molecule has 1 aliphatic rings. The number of hydrogen-bond acceptors (Lipinski definition) is 3. The summed E-state index contributed by atoms with van der Waals surface area (Å²) in [6.07, 6.45) is 3.52. The van der Waals surface area contributed by atoms with Crippen molar-refractivity contribution in [3.8, 4) is 11.1 Å². The molecule has 4 rings (SSSR count). The van der Waals surface area contributed by atoms with Crippen LogP contribution in [-0.4, -0.2) is 27.7 Å². The van der Waals surface area contributed by atoms with Crippen molar-refractivity contribution in [3.05, 3.63) is 51.9 Å². The van der Waals surface area contributed by atoms with E-state index in [4.69, 9.17) is 16.6 Å². The zero-order valence-corrected chi connectivity index (χ0v) is 13.4. The molecule has 1 fully saturated rings. The van der Waals surface area contributed by atoms with Crippen LogP contribution < -0.4 is 10.5 Å². The molecule has 1 aliphatic heterocycles. The smallest absolute Gasteiger partial charge is 0.274 e. The highest BCUT2D eigenvalue weighted by molar-refractivity contribution is 6.33. The Morgan fingerprint density at radius 3 is 2.57 bits per heavy atom. The van der Waals surface area contributed by atoms with Crippen LogP contribution in [0.25, 0.3) is 16.8 Å². The van der Waals surface area contributed by atoms with Crippen molar-refractivity contribution in [3.63, 3.8) is 0 Å². The maximum absolute atomic E-state index is 12.4. The maximum Gasteiger partial charge on any atom is 0.274 e. The second kappa shape index (κ2) is 5.74. The van der Waals surface area contributed by atoms with Gasteiger partial charge in [0.2, 0.25) is 0 Å². The Morgan fingerprint density at radius 2 is 1.83 bits per heavy atom. The molecule has 3 heterocycles. The fourth-order valence-corrected chi connectivity index (χ4v) is 3.42. The average Bonchev–Trinajstić information content (AvgIpc) is 2.93. The van der Waals surface area contributed by atoms with Gasteiger partial charge in [0.25, 0.3) is 5.56 Å². The van der Waals surface area contributed by atoms with E-state index in [0.29, 0.717) is 10.8 Å². The van der Waals surface area contributed by atoms with Gasteiger partial charge in [-0.3, -0.25) is 9.89 Å². The van der Waals surface area contributed by atoms with E-state index in [1.54, 1.807) is 6.07 Å². The molecule has 2 aromatic heterocycles. The van der Waals surface area contributed by atoms with Crippen LogP contribution in [0.5, 0.6) is 0 Å². The lowest BCUT2D eigenvalue weighted by atomic mass is 10.1. The van der Waals surface area contributed by atoms with Crippen LogP contribution >= 0.6 is 11.6 Å². The van der Waals surface area contributed by atoms with E-state index in [1.165, 1.54) is 10.9 Å². The largest absolute Gasteiger partial charge is 0.356 e. The standard InChI is InChI=1S/C17H17ClN4O/c18-16-15(12-7-3-1-4-8-12)17-19-13(11-14(23)22(17)20-16)21-9-5-2-6-10-21/h1,3-4,7-8,11,20H,2,5-6,9-10H2. The lowest BCUT2D eigenvalue weighted by molar-refractivity contribution is 0.573. The van der Waals surface area contributed by atoms with Crippen molar-refractivity contribution < 1.29 is 0 Å². The summed E-state index contributed by atoms with van der Waals surface area (Å²) < 4.78 is 1.41. The summed E-state index contributed by atoms with van der Waals surface area (Å²) in [4.78, 5) is 19.4. The fourth-order valence-electron chi connectivity index (χ4n) is 3.14. The van der Waals surface area contributed by atoms with Crippen molar-refractivity contribution in [2.45, 2.75) is 19.3 Å². The Hall–Kier alpha value is -2.27. The topological polar surface area (TPSA) is 53.4 Å². The predicted octanol–water partition coefficient (Wildman–Crippen LogP) is 3.33.